The van der Waals surface area contributed by atoms with Gasteiger partial charge in [0, 0.05) is 35.8 Å². The fraction of sp³-hybridized carbons (Fsp3) is 0.300. The van der Waals surface area contributed by atoms with Crippen molar-refractivity contribution in [1.82, 2.24) is 19.9 Å². The molecule has 0 bridgehead atoms. The first-order chi connectivity index (χ1) is 13.0. The summed E-state index contributed by atoms with van der Waals surface area (Å²) < 4.78 is 1.54. The highest BCUT2D eigenvalue weighted by Gasteiger charge is 2.24. The lowest BCUT2D eigenvalue weighted by Gasteiger charge is -2.12. The number of aryl methyl sites for hydroxylation is 2. The fourth-order valence-corrected chi connectivity index (χ4v) is 3.41. The minimum absolute atomic E-state index is 0.0932. The van der Waals surface area contributed by atoms with Crippen molar-refractivity contribution >= 4 is 28.7 Å². The molecule has 1 aromatic carbocycles. The number of nitrogens with one attached hydrogen (secondary N) is 1. The van der Waals surface area contributed by atoms with Crippen LogP contribution in [-0.2, 0) is 7.05 Å². The van der Waals surface area contributed by atoms with Crippen LogP contribution >= 0.6 is 11.8 Å². The van der Waals surface area contributed by atoms with Gasteiger partial charge in [0.15, 0.2) is 5.16 Å². The van der Waals surface area contributed by atoms with Gasteiger partial charge < -0.3 is 5.32 Å². The minimum atomic E-state index is -0.142. The van der Waals surface area contributed by atoms with Gasteiger partial charge in [-0.15, -0.1) is 0 Å². The average molecular weight is 380 g/mol. The summed E-state index contributed by atoms with van der Waals surface area (Å²) in [7, 11) is 1.71. The van der Waals surface area contributed by atoms with Crippen LogP contribution in [0.5, 0.6) is 0 Å². The van der Waals surface area contributed by atoms with E-state index in [1.165, 1.54) is 11.8 Å². The van der Waals surface area contributed by atoms with Crippen molar-refractivity contribution in [1.29, 1.82) is 0 Å². The third-order valence-corrected chi connectivity index (χ3v) is 5.37. The van der Waals surface area contributed by atoms with Crippen LogP contribution in [-0.4, -0.2) is 32.7 Å². The highest BCUT2D eigenvalue weighted by Crippen LogP contribution is 2.26. The van der Waals surface area contributed by atoms with Crippen LogP contribution in [0.25, 0.3) is 22.2 Å². The van der Waals surface area contributed by atoms with Gasteiger partial charge in [-0.25, -0.2) is 9.97 Å². The molecule has 4 rings (SSSR count). The number of carbonyl (C=O) groups is 1. The second-order valence-electron chi connectivity index (χ2n) is 6.84. The number of benzene rings is 1. The number of fused-ring (bicyclic) bond motifs is 1. The Morgan fingerprint density at radius 3 is 2.74 bits per heavy atom. The van der Waals surface area contributed by atoms with Crippen LogP contribution in [0.3, 0.4) is 0 Å². The summed E-state index contributed by atoms with van der Waals surface area (Å²) in [6.45, 7) is 1.94. The molecule has 138 valence electrons. The molecule has 1 N–H and O–H groups in total. The van der Waals surface area contributed by atoms with E-state index in [0.29, 0.717) is 28.0 Å². The van der Waals surface area contributed by atoms with Crippen LogP contribution in [0.15, 0.2) is 40.4 Å². The maximum atomic E-state index is 13.0. The van der Waals surface area contributed by atoms with E-state index in [9.17, 15) is 9.59 Å². The third kappa shape index (κ3) is 3.35. The predicted octanol–water partition coefficient (Wildman–Crippen LogP) is 2.92. The molecule has 0 unspecified atom stereocenters. The van der Waals surface area contributed by atoms with E-state index >= 15 is 0 Å². The summed E-state index contributed by atoms with van der Waals surface area (Å²) in [5.74, 6) is -0.0932. The van der Waals surface area contributed by atoms with E-state index in [1.54, 1.807) is 29.9 Å². The van der Waals surface area contributed by atoms with Gasteiger partial charge in [-0.2, -0.15) is 0 Å². The maximum Gasteiger partial charge on any atom is 0.259 e. The summed E-state index contributed by atoms with van der Waals surface area (Å²) in [6, 6.07) is 7.59. The minimum Gasteiger partial charge on any atom is -0.349 e. The molecule has 1 fully saturated rings. The Kier molecular flexibility index (Phi) is 4.47. The first kappa shape index (κ1) is 17.7. The van der Waals surface area contributed by atoms with E-state index < -0.39 is 0 Å². The monoisotopic (exact) mass is 380 g/mol. The fourth-order valence-electron chi connectivity index (χ4n) is 3.07. The SMILES string of the molecule is CSc1ncc2cc(-c3cc(C(=O)NC4CC4)ccc3C)c(=O)n(C)c2n1. The molecule has 0 radical (unpaired) electrons. The molecule has 2 heterocycles. The van der Waals surface area contributed by atoms with Crippen molar-refractivity contribution in [2.24, 2.45) is 7.05 Å². The lowest BCUT2D eigenvalue weighted by Crippen LogP contribution is -2.25. The van der Waals surface area contributed by atoms with Gasteiger partial charge in [0.2, 0.25) is 0 Å². The molecule has 0 aliphatic heterocycles. The van der Waals surface area contributed by atoms with Crippen molar-refractivity contribution in [3.63, 3.8) is 0 Å². The van der Waals surface area contributed by atoms with Crippen molar-refractivity contribution in [2.75, 3.05) is 6.26 Å². The second-order valence-corrected chi connectivity index (χ2v) is 7.61. The van der Waals surface area contributed by atoms with E-state index in [1.807, 2.05) is 25.3 Å². The van der Waals surface area contributed by atoms with E-state index in [-0.39, 0.29) is 11.5 Å². The number of thioether (sulfide) groups is 1. The number of hydrogen-bond donors (Lipinski definition) is 1. The average Bonchev–Trinajstić information content (AvgIpc) is 3.49. The molecule has 27 heavy (non-hydrogen) atoms. The largest absolute Gasteiger partial charge is 0.349 e. The third-order valence-electron chi connectivity index (χ3n) is 4.81. The zero-order valence-corrected chi connectivity index (χ0v) is 16.3. The maximum absolute atomic E-state index is 13.0. The summed E-state index contributed by atoms with van der Waals surface area (Å²) in [5.41, 5.74) is 3.27. The number of carbonyl (C=O) groups excluding carboxylic acids is 1. The molecule has 0 spiro atoms. The van der Waals surface area contributed by atoms with Gasteiger partial charge in [-0.3, -0.25) is 14.2 Å². The molecule has 3 aromatic rings. The number of nitrogens with zero attached hydrogens (tertiary/aromatic N) is 3. The molecule has 1 aliphatic rings. The molecular weight excluding hydrogens is 360 g/mol. The lowest BCUT2D eigenvalue weighted by molar-refractivity contribution is 0.0951. The molecule has 0 saturated heterocycles. The molecule has 1 saturated carbocycles. The number of rotatable bonds is 4. The first-order valence-corrected chi connectivity index (χ1v) is 10.0. The van der Waals surface area contributed by atoms with Crippen LogP contribution in [0, 0.1) is 6.92 Å². The van der Waals surface area contributed by atoms with Gasteiger partial charge in [0.25, 0.3) is 11.5 Å². The zero-order valence-electron chi connectivity index (χ0n) is 15.4. The summed E-state index contributed by atoms with van der Waals surface area (Å²) in [4.78, 5) is 34.2. The van der Waals surface area contributed by atoms with E-state index in [0.717, 1.165) is 29.4 Å². The number of hydrogen-bond acceptors (Lipinski definition) is 5. The molecule has 1 amide bonds. The molecule has 0 atom stereocenters. The Balaban J connectivity index is 1.85. The highest BCUT2D eigenvalue weighted by molar-refractivity contribution is 7.98. The van der Waals surface area contributed by atoms with Crippen molar-refractivity contribution in [2.45, 2.75) is 31.0 Å². The topological polar surface area (TPSA) is 76.9 Å². The van der Waals surface area contributed by atoms with Gasteiger partial charge >= 0.3 is 0 Å². The van der Waals surface area contributed by atoms with Crippen molar-refractivity contribution in [3.8, 4) is 11.1 Å². The Hall–Kier alpha value is -2.67. The normalized spacial score (nSPS) is 13.7. The Morgan fingerprint density at radius 1 is 1.26 bits per heavy atom. The Labute approximate surface area is 161 Å². The van der Waals surface area contributed by atoms with Gasteiger partial charge in [-0.1, -0.05) is 17.8 Å². The van der Waals surface area contributed by atoms with Crippen LogP contribution < -0.4 is 10.9 Å². The second kappa shape index (κ2) is 6.81. The first-order valence-electron chi connectivity index (χ1n) is 8.80. The van der Waals surface area contributed by atoms with Crippen LogP contribution in [0.2, 0.25) is 0 Å². The molecule has 7 heteroatoms. The standard InChI is InChI=1S/C20H20N4O2S/c1-11-4-5-12(18(25)22-14-6-7-14)8-15(11)16-9-13-10-21-20(27-3)23-17(13)24(2)19(16)26/h4-5,8-10,14H,6-7H2,1-3H3,(H,22,25). The quantitative estimate of drug-likeness (QED) is 0.556. The smallest absolute Gasteiger partial charge is 0.259 e. The molecule has 1 aliphatic carbocycles. The van der Waals surface area contributed by atoms with E-state index in [4.69, 9.17) is 0 Å². The Bertz CT molecular complexity index is 1120. The molecule has 6 nitrogen and oxygen atoms in total. The zero-order chi connectivity index (χ0) is 19.1. The van der Waals surface area contributed by atoms with Crippen LogP contribution in [0.4, 0.5) is 0 Å². The Morgan fingerprint density at radius 2 is 2.04 bits per heavy atom. The van der Waals surface area contributed by atoms with Crippen molar-refractivity contribution < 1.29 is 4.79 Å². The lowest BCUT2D eigenvalue weighted by atomic mass is 9.98. The van der Waals surface area contributed by atoms with E-state index in [2.05, 4.69) is 15.3 Å². The number of pyridine rings is 1. The summed E-state index contributed by atoms with van der Waals surface area (Å²) in [5, 5.41) is 4.41. The van der Waals surface area contributed by atoms with Crippen LogP contribution in [0.1, 0.15) is 28.8 Å². The highest BCUT2D eigenvalue weighted by atomic mass is 32.2. The molecular formula is C20H20N4O2S. The van der Waals surface area contributed by atoms with Gasteiger partial charge in [0.05, 0.1) is 0 Å². The predicted molar refractivity (Wildman–Crippen MR) is 107 cm³/mol. The number of amides is 1. The summed E-state index contributed by atoms with van der Waals surface area (Å²) >= 11 is 1.43. The number of aromatic nitrogens is 3. The van der Waals surface area contributed by atoms with Gasteiger partial charge in [-0.05, 0) is 55.3 Å². The van der Waals surface area contributed by atoms with Gasteiger partial charge in [0.1, 0.15) is 5.65 Å². The van der Waals surface area contributed by atoms with Crippen molar-refractivity contribution in [3.05, 3.63) is 51.9 Å². The molecule has 2 aromatic heterocycles. The summed E-state index contributed by atoms with van der Waals surface area (Å²) in [6.07, 6.45) is 5.70.